The van der Waals surface area contributed by atoms with E-state index in [9.17, 15) is 18.3 Å². The topological polar surface area (TPSA) is 60.2 Å². The molecule has 9 heteroatoms. The smallest absolute Gasteiger partial charge is 0.191 e. The molecule has 1 aromatic heterocycles. The first-order chi connectivity index (χ1) is 13.3. The van der Waals surface area contributed by atoms with Gasteiger partial charge < -0.3 is 9.84 Å². The molecule has 0 radical (unpaired) electrons. The van der Waals surface area contributed by atoms with Crippen LogP contribution in [-0.4, -0.2) is 25.5 Å². The summed E-state index contributed by atoms with van der Waals surface area (Å²) in [5.74, 6) is -2.82. The van der Waals surface area contributed by atoms with E-state index in [-0.39, 0.29) is 11.0 Å². The van der Waals surface area contributed by atoms with Crippen molar-refractivity contribution >= 4 is 15.9 Å². The van der Waals surface area contributed by atoms with Gasteiger partial charge in [-0.3, -0.25) is 0 Å². The van der Waals surface area contributed by atoms with Gasteiger partial charge in [0.05, 0.1) is 6.54 Å². The molecule has 28 heavy (non-hydrogen) atoms. The third-order valence-electron chi connectivity index (χ3n) is 4.90. The van der Waals surface area contributed by atoms with E-state index >= 15 is 0 Å². The second-order valence-corrected chi connectivity index (χ2v) is 7.67. The monoisotopic (exact) mass is 453 g/mol. The Balaban J connectivity index is 1.77. The largest absolute Gasteiger partial charge is 0.478 e. The Hall–Kier alpha value is -2.39. The van der Waals surface area contributed by atoms with E-state index in [1.165, 1.54) is 41.6 Å². The van der Waals surface area contributed by atoms with Crippen LogP contribution >= 0.6 is 15.9 Å². The van der Waals surface area contributed by atoms with Gasteiger partial charge in [-0.25, -0.2) is 22.8 Å². The molecular weight excluding hydrogens is 439 g/mol. The lowest BCUT2D eigenvalue weighted by Gasteiger charge is -2.37. The number of hydrogen-bond donors (Lipinski definition) is 1. The number of aromatic nitrogens is 3. The first kappa shape index (κ1) is 18.9. The molecule has 3 aromatic rings. The number of hydrogen-bond acceptors (Lipinski definition) is 4. The Labute approximate surface area is 166 Å². The van der Waals surface area contributed by atoms with Crippen molar-refractivity contribution in [2.45, 2.75) is 30.6 Å². The van der Waals surface area contributed by atoms with Gasteiger partial charge in [0, 0.05) is 4.47 Å². The van der Waals surface area contributed by atoms with Gasteiger partial charge in [0.25, 0.3) is 0 Å². The molecule has 1 atom stereocenters. The number of nitrogens with zero attached hydrogens (tertiary/aromatic N) is 3. The maximum atomic E-state index is 14.3. The van der Waals surface area contributed by atoms with Crippen molar-refractivity contribution in [1.29, 1.82) is 0 Å². The second-order valence-electron chi connectivity index (χ2n) is 6.76. The molecule has 1 unspecified atom stereocenters. The molecule has 0 aliphatic heterocycles. The number of ether oxygens (including phenoxy) is 1. The highest BCUT2D eigenvalue weighted by Crippen LogP contribution is 2.54. The lowest BCUT2D eigenvalue weighted by molar-refractivity contribution is -0.100. The van der Waals surface area contributed by atoms with Crippen molar-refractivity contribution in [2.24, 2.45) is 0 Å². The van der Waals surface area contributed by atoms with E-state index in [4.69, 9.17) is 4.74 Å². The van der Waals surface area contributed by atoms with Gasteiger partial charge in [-0.05, 0) is 42.7 Å². The zero-order valence-corrected chi connectivity index (χ0v) is 16.0. The first-order valence-corrected chi connectivity index (χ1v) is 9.27. The van der Waals surface area contributed by atoms with Gasteiger partial charge in [-0.2, -0.15) is 5.10 Å². The maximum absolute atomic E-state index is 14.3. The second kappa shape index (κ2) is 6.89. The molecule has 1 heterocycles. The minimum atomic E-state index is -1.72. The third kappa shape index (κ3) is 3.29. The van der Waals surface area contributed by atoms with Crippen LogP contribution in [0.2, 0.25) is 0 Å². The summed E-state index contributed by atoms with van der Waals surface area (Å²) in [6.45, 7) is -0.0849. The predicted molar refractivity (Wildman–Crippen MR) is 97.0 cm³/mol. The summed E-state index contributed by atoms with van der Waals surface area (Å²) in [5, 5.41) is 15.6. The average Bonchev–Trinajstić information content (AvgIpc) is 3.27. The van der Waals surface area contributed by atoms with Crippen molar-refractivity contribution in [3.8, 4) is 5.75 Å². The Bertz CT molecular complexity index is 971. The zero-order valence-electron chi connectivity index (χ0n) is 14.4. The summed E-state index contributed by atoms with van der Waals surface area (Å²) in [4.78, 5) is 3.85. The molecule has 146 valence electrons. The van der Waals surface area contributed by atoms with Crippen LogP contribution in [0.3, 0.4) is 0 Å². The summed E-state index contributed by atoms with van der Waals surface area (Å²) in [6.07, 6.45) is 3.42. The van der Waals surface area contributed by atoms with Crippen LogP contribution < -0.4 is 4.74 Å². The lowest BCUT2D eigenvalue weighted by Crippen LogP contribution is -2.49. The molecule has 0 spiro atoms. The van der Waals surface area contributed by atoms with Gasteiger partial charge in [0.1, 0.15) is 29.7 Å². The molecule has 0 amide bonds. The summed E-state index contributed by atoms with van der Waals surface area (Å²) < 4.78 is 49.5. The van der Waals surface area contributed by atoms with Crippen LogP contribution in [0.25, 0.3) is 0 Å². The third-order valence-corrected chi connectivity index (χ3v) is 5.36. The van der Waals surface area contributed by atoms with Crippen molar-refractivity contribution in [3.05, 3.63) is 76.5 Å². The molecular formula is C19H15BrF3N3O2. The van der Waals surface area contributed by atoms with Gasteiger partial charge in [-0.1, -0.05) is 28.1 Å². The standard InChI is InChI=1S/C19H15BrF3N3O2/c20-13-7-15(22)17(16(23)8-13)28-18(5-6-18)19(27,9-26-11-24-10-25-26)12-1-3-14(21)4-2-12/h1-4,7-8,10-11,27H,5-6,9H2. The van der Waals surface area contributed by atoms with Crippen molar-refractivity contribution in [2.75, 3.05) is 0 Å². The molecule has 1 aliphatic carbocycles. The Kier molecular flexibility index (Phi) is 4.67. The number of halogens is 4. The van der Waals surface area contributed by atoms with Crippen LogP contribution in [0, 0.1) is 17.5 Å². The maximum Gasteiger partial charge on any atom is 0.191 e. The lowest BCUT2D eigenvalue weighted by atomic mass is 9.85. The fourth-order valence-electron chi connectivity index (χ4n) is 3.31. The highest BCUT2D eigenvalue weighted by atomic mass is 79.9. The van der Waals surface area contributed by atoms with E-state index < -0.39 is 34.4 Å². The predicted octanol–water partition coefficient (Wildman–Crippen LogP) is 3.96. The van der Waals surface area contributed by atoms with E-state index in [2.05, 4.69) is 26.0 Å². The Morgan fingerprint density at radius 2 is 1.79 bits per heavy atom. The van der Waals surface area contributed by atoms with Crippen molar-refractivity contribution in [1.82, 2.24) is 14.8 Å². The van der Waals surface area contributed by atoms with Crippen molar-refractivity contribution in [3.63, 3.8) is 0 Å². The van der Waals surface area contributed by atoms with Gasteiger partial charge in [0.15, 0.2) is 17.4 Å². The van der Waals surface area contributed by atoms with Crippen LogP contribution in [0.5, 0.6) is 5.75 Å². The van der Waals surface area contributed by atoms with Crippen LogP contribution in [-0.2, 0) is 12.1 Å². The van der Waals surface area contributed by atoms with Crippen LogP contribution in [0.15, 0.2) is 53.5 Å². The summed E-state index contributed by atoms with van der Waals surface area (Å²) in [7, 11) is 0. The number of aliphatic hydroxyl groups is 1. The van der Waals surface area contributed by atoms with Crippen LogP contribution in [0.1, 0.15) is 18.4 Å². The number of benzene rings is 2. The van der Waals surface area contributed by atoms with E-state index in [0.29, 0.717) is 18.4 Å². The summed E-state index contributed by atoms with van der Waals surface area (Å²) >= 11 is 3.03. The highest BCUT2D eigenvalue weighted by Gasteiger charge is 2.63. The minimum Gasteiger partial charge on any atom is -0.478 e. The van der Waals surface area contributed by atoms with E-state index in [1.807, 2.05) is 0 Å². The molecule has 1 fully saturated rings. The summed E-state index contributed by atoms with van der Waals surface area (Å²) in [5.41, 5.74) is -2.67. The Morgan fingerprint density at radius 3 is 2.32 bits per heavy atom. The quantitative estimate of drug-likeness (QED) is 0.613. The molecule has 0 bridgehead atoms. The van der Waals surface area contributed by atoms with Gasteiger partial charge >= 0.3 is 0 Å². The molecule has 2 aromatic carbocycles. The minimum absolute atomic E-state index is 0.0849. The first-order valence-electron chi connectivity index (χ1n) is 8.47. The zero-order chi connectivity index (χ0) is 19.9. The molecule has 4 rings (SSSR count). The molecule has 1 saturated carbocycles. The average molecular weight is 454 g/mol. The molecule has 1 N–H and O–H groups in total. The van der Waals surface area contributed by atoms with Crippen molar-refractivity contribution < 1.29 is 23.0 Å². The molecule has 0 saturated heterocycles. The van der Waals surface area contributed by atoms with Gasteiger partial charge in [-0.15, -0.1) is 0 Å². The number of rotatable bonds is 6. The normalized spacial score (nSPS) is 17.2. The van der Waals surface area contributed by atoms with Crippen LogP contribution in [0.4, 0.5) is 13.2 Å². The molecule has 1 aliphatic rings. The Morgan fingerprint density at radius 1 is 1.14 bits per heavy atom. The van der Waals surface area contributed by atoms with E-state index in [1.54, 1.807) is 0 Å². The van der Waals surface area contributed by atoms with Gasteiger partial charge in [0.2, 0.25) is 0 Å². The summed E-state index contributed by atoms with van der Waals surface area (Å²) in [6, 6.07) is 7.43. The fourth-order valence-corrected chi connectivity index (χ4v) is 3.71. The fraction of sp³-hybridized carbons (Fsp3) is 0.263. The van der Waals surface area contributed by atoms with E-state index in [0.717, 1.165) is 12.1 Å². The SMILES string of the molecule is OC(Cn1cncn1)(c1ccc(F)cc1)C1(Oc2c(F)cc(Br)cc2F)CC1. The molecule has 5 nitrogen and oxygen atoms in total. The highest BCUT2D eigenvalue weighted by molar-refractivity contribution is 9.10.